The Kier molecular flexibility index (Phi) is 6.79. The number of hydrogen-bond acceptors (Lipinski definition) is 4. The predicted octanol–water partition coefficient (Wildman–Crippen LogP) is 2.37. The van der Waals surface area contributed by atoms with Crippen LogP contribution in [0.25, 0.3) is 0 Å². The molecule has 162 valence electrons. The number of carbonyl (C=O) groups is 4. The summed E-state index contributed by atoms with van der Waals surface area (Å²) in [5, 5.41) is 2.53. The number of halogens is 1. The highest BCUT2D eigenvalue weighted by molar-refractivity contribution is 6.21. The van der Waals surface area contributed by atoms with Crippen LogP contribution in [0, 0.1) is 5.82 Å². The third-order valence-electron chi connectivity index (χ3n) is 5.33. The summed E-state index contributed by atoms with van der Waals surface area (Å²) in [7, 11) is 1.49. The Labute approximate surface area is 179 Å². The lowest BCUT2D eigenvalue weighted by Crippen LogP contribution is -2.46. The Balaban J connectivity index is 1.65. The van der Waals surface area contributed by atoms with Crippen molar-refractivity contribution in [2.24, 2.45) is 0 Å². The molecule has 31 heavy (non-hydrogen) atoms. The molecule has 7 nitrogen and oxygen atoms in total. The summed E-state index contributed by atoms with van der Waals surface area (Å²) in [4.78, 5) is 52.5. The molecule has 0 aromatic heterocycles. The summed E-state index contributed by atoms with van der Waals surface area (Å²) in [5.74, 6) is -1.74. The molecule has 0 saturated heterocycles. The number of imide groups is 1. The van der Waals surface area contributed by atoms with E-state index in [4.69, 9.17) is 0 Å². The molecule has 1 aliphatic heterocycles. The van der Waals surface area contributed by atoms with E-state index in [9.17, 15) is 23.6 Å². The molecule has 0 bridgehead atoms. The molecule has 1 N–H and O–H groups in total. The molecular formula is C23H24FN3O4. The minimum absolute atomic E-state index is 0.0515. The van der Waals surface area contributed by atoms with Gasteiger partial charge in [0.25, 0.3) is 11.8 Å². The molecule has 2 aromatic carbocycles. The Bertz CT molecular complexity index is 971. The number of hydrogen-bond donors (Lipinski definition) is 1. The van der Waals surface area contributed by atoms with E-state index in [0.717, 1.165) is 4.90 Å². The standard InChI is InChI=1S/C23H24FN3O4/c1-15(21(29)25-2)27(14-16-9-11-17(24)12-10-16)20(28)8-5-13-26-22(30)18-6-3-4-7-19(18)23(26)31/h3-4,6-7,9-12,15H,5,8,13-14H2,1-2H3,(H,25,29)/t15-/m0/s1. The van der Waals surface area contributed by atoms with Crippen molar-refractivity contribution in [2.45, 2.75) is 32.4 Å². The largest absolute Gasteiger partial charge is 0.357 e. The molecule has 3 rings (SSSR count). The van der Waals surface area contributed by atoms with Gasteiger partial charge in [0.1, 0.15) is 11.9 Å². The Hall–Kier alpha value is -3.55. The maximum Gasteiger partial charge on any atom is 0.261 e. The van der Waals surface area contributed by atoms with Crippen LogP contribution in [-0.4, -0.2) is 53.1 Å². The molecule has 8 heteroatoms. The van der Waals surface area contributed by atoms with Crippen LogP contribution in [0.4, 0.5) is 4.39 Å². The van der Waals surface area contributed by atoms with Crippen LogP contribution in [0.5, 0.6) is 0 Å². The van der Waals surface area contributed by atoms with Gasteiger partial charge in [-0.05, 0) is 43.2 Å². The zero-order valence-electron chi connectivity index (χ0n) is 17.4. The van der Waals surface area contributed by atoms with Gasteiger partial charge in [-0.25, -0.2) is 4.39 Å². The lowest BCUT2D eigenvalue weighted by molar-refractivity contribution is -0.140. The van der Waals surface area contributed by atoms with Crippen LogP contribution >= 0.6 is 0 Å². The zero-order chi connectivity index (χ0) is 22.5. The van der Waals surface area contributed by atoms with Crippen molar-refractivity contribution in [2.75, 3.05) is 13.6 Å². The molecule has 0 fully saturated rings. The molecule has 1 atom stereocenters. The van der Waals surface area contributed by atoms with E-state index < -0.39 is 6.04 Å². The van der Waals surface area contributed by atoms with E-state index in [0.29, 0.717) is 16.7 Å². The van der Waals surface area contributed by atoms with E-state index in [1.54, 1.807) is 43.3 Å². The minimum atomic E-state index is -0.734. The highest BCUT2D eigenvalue weighted by Crippen LogP contribution is 2.23. The van der Waals surface area contributed by atoms with Gasteiger partial charge in [0.15, 0.2) is 0 Å². The van der Waals surface area contributed by atoms with Gasteiger partial charge in [0.2, 0.25) is 11.8 Å². The molecular weight excluding hydrogens is 401 g/mol. The summed E-state index contributed by atoms with van der Waals surface area (Å²) in [5.41, 5.74) is 1.42. The van der Waals surface area contributed by atoms with E-state index in [1.807, 2.05) is 0 Å². The van der Waals surface area contributed by atoms with Crippen LogP contribution < -0.4 is 5.32 Å². The SMILES string of the molecule is CNC(=O)[C@H](C)N(Cc1ccc(F)cc1)C(=O)CCCN1C(=O)c2ccccc2C1=O. The summed E-state index contributed by atoms with van der Waals surface area (Å²) >= 11 is 0. The fourth-order valence-electron chi connectivity index (χ4n) is 3.55. The Morgan fingerprint density at radius 1 is 1.03 bits per heavy atom. The van der Waals surface area contributed by atoms with Crippen LogP contribution in [-0.2, 0) is 16.1 Å². The van der Waals surface area contributed by atoms with E-state index in [-0.39, 0.29) is 55.4 Å². The summed E-state index contributed by atoms with van der Waals surface area (Å²) < 4.78 is 13.2. The molecule has 0 radical (unpaired) electrons. The second-order valence-corrected chi connectivity index (χ2v) is 7.35. The molecule has 2 aromatic rings. The number of nitrogens with zero attached hydrogens (tertiary/aromatic N) is 2. The lowest BCUT2D eigenvalue weighted by atomic mass is 10.1. The lowest BCUT2D eigenvalue weighted by Gasteiger charge is -2.28. The van der Waals surface area contributed by atoms with Crippen LogP contribution in [0.2, 0.25) is 0 Å². The van der Waals surface area contributed by atoms with Gasteiger partial charge >= 0.3 is 0 Å². The third-order valence-corrected chi connectivity index (χ3v) is 5.33. The molecule has 0 aliphatic carbocycles. The fraction of sp³-hybridized carbons (Fsp3) is 0.304. The Morgan fingerprint density at radius 3 is 2.16 bits per heavy atom. The van der Waals surface area contributed by atoms with E-state index >= 15 is 0 Å². The van der Waals surface area contributed by atoms with Gasteiger partial charge in [0, 0.05) is 26.6 Å². The van der Waals surface area contributed by atoms with Gasteiger partial charge in [-0.3, -0.25) is 24.1 Å². The van der Waals surface area contributed by atoms with Crippen molar-refractivity contribution >= 4 is 23.6 Å². The number of rotatable bonds is 8. The number of likely N-dealkylation sites (N-methyl/N-ethyl adjacent to an activating group) is 1. The Morgan fingerprint density at radius 2 is 1.61 bits per heavy atom. The third kappa shape index (κ3) is 4.79. The average Bonchev–Trinajstić information content (AvgIpc) is 3.02. The number of benzene rings is 2. The quantitative estimate of drug-likeness (QED) is 0.658. The van der Waals surface area contributed by atoms with Gasteiger partial charge in [-0.1, -0.05) is 24.3 Å². The van der Waals surface area contributed by atoms with E-state index in [2.05, 4.69) is 5.32 Å². The smallest absolute Gasteiger partial charge is 0.261 e. The second kappa shape index (κ2) is 9.51. The number of nitrogens with one attached hydrogen (secondary N) is 1. The summed E-state index contributed by atoms with van der Waals surface area (Å²) in [6.07, 6.45) is 0.320. The number of carbonyl (C=O) groups excluding carboxylic acids is 4. The highest BCUT2D eigenvalue weighted by Gasteiger charge is 2.35. The van der Waals surface area contributed by atoms with Crippen molar-refractivity contribution in [3.8, 4) is 0 Å². The molecule has 4 amide bonds. The average molecular weight is 425 g/mol. The first-order valence-electron chi connectivity index (χ1n) is 10.0. The predicted molar refractivity (Wildman–Crippen MR) is 112 cm³/mol. The van der Waals surface area contributed by atoms with Crippen LogP contribution in [0.1, 0.15) is 46.0 Å². The van der Waals surface area contributed by atoms with Crippen molar-refractivity contribution in [3.63, 3.8) is 0 Å². The van der Waals surface area contributed by atoms with Crippen LogP contribution in [0.3, 0.4) is 0 Å². The van der Waals surface area contributed by atoms with Crippen molar-refractivity contribution in [1.82, 2.24) is 15.1 Å². The normalized spacial score (nSPS) is 13.7. The molecule has 1 heterocycles. The molecule has 1 aliphatic rings. The maximum absolute atomic E-state index is 13.2. The first-order chi connectivity index (χ1) is 14.8. The zero-order valence-corrected chi connectivity index (χ0v) is 17.4. The number of fused-ring (bicyclic) bond motifs is 1. The van der Waals surface area contributed by atoms with Crippen molar-refractivity contribution in [3.05, 3.63) is 71.0 Å². The number of amides is 4. The summed E-state index contributed by atoms with van der Waals surface area (Å²) in [6, 6.07) is 11.6. The first-order valence-corrected chi connectivity index (χ1v) is 10.0. The van der Waals surface area contributed by atoms with Gasteiger partial charge < -0.3 is 10.2 Å². The monoisotopic (exact) mass is 425 g/mol. The van der Waals surface area contributed by atoms with Crippen LogP contribution in [0.15, 0.2) is 48.5 Å². The van der Waals surface area contributed by atoms with Gasteiger partial charge in [0.05, 0.1) is 11.1 Å². The van der Waals surface area contributed by atoms with E-state index in [1.165, 1.54) is 24.1 Å². The molecule has 0 unspecified atom stereocenters. The van der Waals surface area contributed by atoms with Gasteiger partial charge in [-0.15, -0.1) is 0 Å². The maximum atomic E-state index is 13.2. The second-order valence-electron chi connectivity index (χ2n) is 7.35. The van der Waals surface area contributed by atoms with Crippen molar-refractivity contribution < 1.29 is 23.6 Å². The topological polar surface area (TPSA) is 86.8 Å². The molecule has 0 spiro atoms. The molecule has 0 saturated carbocycles. The minimum Gasteiger partial charge on any atom is -0.357 e. The fourth-order valence-corrected chi connectivity index (χ4v) is 3.55. The van der Waals surface area contributed by atoms with Crippen molar-refractivity contribution in [1.29, 1.82) is 0 Å². The van der Waals surface area contributed by atoms with Gasteiger partial charge in [-0.2, -0.15) is 0 Å². The highest BCUT2D eigenvalue weighted by atomic mass is 19.1. The first kappa shape index (κ1) is 22.1. The summed E-state index contributed by atoms with van der Waals surface area (Å²) in [6.45, 7) is 1.86.